The van der Waals surface area contributed by atoms with Gasteiger partial charge in [0, 0.05) is 15.7 Å². The predicted octanol–water partition coefficient (Wildman–Crippen LogP) is 6.51. The fourth-order valence-electron chi connectivity index (χ4n) is 3.45. The molecule has 5 amide bonds. The molecule has 194 valence electrons. The topological polar surface area (TPSA) is 105 Å². The zero-order valence-electron chi connectivity index (χ0n) is 19.5. The fourth-order valence-corrected chi connectivity index (χ4v) is 5.21. The van der Waals surface area contributed by atoms with Crippen molar-refractivity contribution in [2.24, 2.45) is 0 Å². The van der Waals surface area contributed by atoms with Gasteiger partial charge < -0.3 is 10.1 Å². The molecule has 3 aromatic rings. The lowest BCUT2D eigenvalue weighted by molar-refractivity contribution is -0.122. The van der Waals surface area contributed by atoms with Gasteiger partial charge in [-0.25, -0.2) is 9.69 Å². The average Bonchev–Trinajstić information content (AvgIpc) is 2.84. The van der Waals surface area contributed by atoms with Gasteiger partial charge in [0.2, 0.25) is 0 Å². The van der Waals surface area contributed by atoms with Crippen LogP contribution in [0.3, 0.4) is 0 Å². The number of hydrogen-bond acceptors (Lipinski definition) is 5. The number of carbonyl (C=O) groups excluding carboxylic acids is 4. The summed E-state index contributed by atoms with van der Waals surface area (Å²) in [5.41, 5.74) is 1.89. The summed E-state index contributed by atoms with van der Waals surface area (Å²) in [6.07, 6.45) is 1.35. The minimum absolute atomic E-state index is 0.247. The van der Waals surface area contributed by atoms with Gasteiger partial charge in [-0.2, -0.15) is 0 Å². The molecule has 1 aliphatic heterocycles. The van der Waals surface area contributed by atoms with Crippen LogP contribution in [0.1, 0.15) is 11.1 Å². The number of halogens is 4. The Morgan fingerprint density at radius 1 is 1.03 bits per heavy atom. The first kappa shape index (κ1) is 27.8. The zero-order chi connectivity index (χ0) is 27.6. The van der Waals surface area contributed by atoms with Gasteiger partial charge >= 0.3 is 6.03 Å². The van der Waals surface area contributed by atoms with E-state index >= 15 is 0 Å². The predicted molar refractivity (Wildman–Crippen MR) is 153 cm³/mol. The molecule has 12 heteroatoms. The maximum atomic E-state index is 13.1. The molecule has 0 aromatic heterocycles. The standard InChI is InChI=1S/C26H17Br2Cl2N3O5/c1-13-2-5-16(11-21(13)30)31-22(34)12-38-23-19(27)9-14(10-20(23)28)8-18-24(35)32-26(37)33(25(18)36)17-6-3-15(29)4-7-17/h2-11H,12H2,1H3,(H,31,34)(H,32,35,37)/b18-8-. The summed E-state index contributed by atoms with van der Waals surface area (Å²) >= 11 is 18.8. The van der Waals surface area contributed by atoms with Crippen molar-refractivity contribution in [3.63, 3.8) is 0 Å². The van der Waals surface area contributed by atoms with Crippen molar-refractivity contribution >= 4 is 96.3 Å². The maximum absolute atomic E-state index is 13.1. The normalized spacial score (nSPS) is 14.5. The molecule has 1 fully saturated rings. The molecule has 0 atom stereocenters. The van der Waals surface area contributed by atoms with Gasteiger partial charge in [0.05, 0.1) is 14.6 Å². The fraction of sp³-hybridized carbons (Fsp3) is 0.0769. The number of imide groups is 2. The summed E-state index contributed by atoms with van der Waals surface area (Å²) < 4.78 is 6.59. The molecule has 4 rings (SSSR count). The van der Waals surface area contributed by atoms with E-state index in [-0.39, 0.29) is 17.9 Å². The van der Waals surface area contributed by atoms with Gasteiger partial charge in [0.25, 0.3) is 17.7 Å². The molecule has 0 unspecified atom stereocenters. The van der Waals surface area contributed by atoms with Crippen molar-refractivity contribution in [1.29, 1.82) is 0 Å². The van der Waals surface area contributed by atoms with Gasteiger partial charge in [-0.3, -0.25) is 19.7 Å². The van der Waals surface area contributed by atoms with E-state index in [2.05, 4.69) is 42.5 Å². The molecule has 0 aliphatic carbocycles. The second-order valence-corrected chi connectivity index (χ2v) is 10.6. The van der Waals surface area contributed by atoms with Crippen LogP contribution in [0.25, 0.3) is 6.08 Å². The van der Waals surface area contributed by atoms with Crippen molar-refractivity contribution in [1.82, 2.24) is 5.32 Å². The second kappa shape index (κ2) is 11.7. The first-order valence-corrected chi connectivity index (χ1v) is 13.2. The quantitative estimate of drug-likeness (QED) is 0.228. The lowest BCUT2D eigenvalue weighted by Crippen LogP contribution is -2.54. The third-order valence-corrected chi connectivity index (χ3v) is 7.16. The summed E-state index contributed by atoms with van der Waals surface area (Å²) in [5, 5.41) is 5.84. The molecule has 1 saturated heterocycles. The van der Waals surface area contributed by atoms with Gasteiger partial charge in [0.1, 0.15) is 11.3 Å². The Labute approximate surface area is 244 Å². The van der Waals surface area contributed by atoms with Gasteiger partial charge in [-0.15, -0.1) is 0 Å². The van der Waals surface area contributed by atoms with Crippen LogP contribution in [-0.2, 0) is 14.4 Å². The van der Waals surface area contributed by atoms with Crippen LogP contribution in [0.2, 0.25) is 10.0 Å². The van der Waals surface area contributed by atoms with E-state index in [1.54, 1.807) is 30.3 Å². The Morgan fingerprint density at radius 2 is 1.68 bits per heavy atom. The van der Waals surface area contributed by atoms with Crippen LogP contribution >= 0.6 is 55.1 Å². The SMILES string of the molecule is Cc1ccc(NC(=O)COc2c(Br)cc(/C=C3/C(=O)NC(=O)N(c4ccc(Cl)cc4)C3=O)cc2Br)cc1Cl. The number of benzene rings is 3. The summed E-state index contributed by atoms with van der Waals surface area (Å²) in [6, 6.07) is 13.6. The number of nitrogens with one attached hydrogen (secondary N) is 2. The third-order valence-electron chi connectivity index (χ3n) is 5.32. The molecule has 0 saturated carbocycles. The number of amides is 5. The molecule has 0 spiro atoms. The summed E-state index contributed by atoms with van der Waals surface area (Å²) in [4.78, 5) is 51.1. The zero-order valence-corrected chi connectivity index (χ0v) is 24.2. The molecular weight excluding hydrogens is 665 g/mol. The Kier molecular flexibility index (Phi) is 8.57. The number of urea groups is 1. The smallest absolute Gasteiger partial charge is 0.335 e. The molecule has 1 aliphatic rings. The van der Waals surface area contributed by atoms with E-state index in [1.807, 2.05) is 6.92 Å². The van der Waals surface area contributed by atoms with Crippen LogP contribution in [-0.4, -0.2) is 30.4 Å². The summed E-state index contributed by atoms with van der Waals surface area (Å²) in [5.74, 6) is -1.68. The van der Waals surface area contributed by atoms with E-state index in [4.69, 9.17) is 27.9 Å². The van der Waals surface area contributed by atoms with E-state index < -0.39 is 23.8 Å². The minimum atomic E-state index is -0.864. The lowest BCUT2D eigenvalue weighted by atomic mass is 10.1. The molecule has 38 heavy (non-hydrogen) atoms. The molecule has 3 aromatic carbocycles. The molecule has 0 radical (unpaired) electrons. The Morgan fingerprint density at radius 3 is 2.32 bits per heavy atom. The number of anilines is 2. The Balaban J connectivity index is 1.51. The third kappa shape index (κ3) is 6.27. The monoisotopic (exact) mass is 679 g/mol. The van der Waals surface area contributed by atoms with Crippen LogP contribution in [0.4, 0.5) is 16.2 Å². The van der Waals surface area contributed by atoms with Crippen molar-refractivity contribution in [2.75, 3.05) is 16.8 Å². The molecule has 1 heterocycles. The Hall–Kier alpha value is -3.18. The van der Waals surface area contributed by atoms with Crippen LogP contribution in [0.15, 0.2) is 69.1 Å². The molecular formula is C26H17Br2Cl2N3O5. The number of nitrogens with zero attached hydrogens (tertiary/aromatic N) is 1. The highest BCUT2D eigenvalue weighted by Gasteiger charge is 2.36. The van der Waals surface area contributed by atoms with E-state index in [0.717, 1.165) is 10.5 Å². The minimum Gasteiger partial charge on any atom is -0.481 e. The number of carbonyl (C=O) groups is 4. The van der Waals surface area contributed by atoms with Crippen molar-refractivity contribution in [3.05, 3.63) is 90.3 Å². The van der Waals surface area contributed by atoms with Crippen LogP contribution in [0, 0.1) is 6.92 Å². The first-order chi connectivity index (χ1) is 18.0. The number of aryl methyl sites for hydroxylation is 1. The van der Waals surface area contributed by atoms with Crippen LogP contribution < -0.4 is 20.3 Å². The second-order valence-electron chi connectivity index (χ2n) is 8.05. The van der Waals surface area contributed by atoms with Gasteiger partial charge in [-0.05, 0) is 105 Å². The van der Waals surface area contributed by atoms with E-state index in [1.165, 1.54) is 30.3 Å². The largest absolute Gasteiger partial charge is 0.481 e. The van der Waals surface area contributed by atoms with Crippen molar-refractivity contribution in [2.45, 2.75) is 6.92 Å². The van der Waals surface area contributed by atoms with Crippen LogP contribution in [0.5, 0.6) is 5.75 Å². The highest BCUT2D eigenvalue weighted by molar-refractivity contribution is 9.11. The summed E-state index contributed by atoms with van der Waals surface area (Å²) in [6.45, 7) is 1.57. The number of ether oxygens (including phenoxy) is 1. The molecule has 0 bridgehead atoms. The van der Waals surface area contributed by atoms with E-state index in [0.29, 0.717) is 36.0 Å². The Bertz CT molecular complexity index is 1490. The van der Waals surface area contributed by atoms with E-state index in [9.17, 15) is 19.2 Å². The highest BCUT2D eigenvalue weighted by atomic mass is 79.9. The molecule has 8 nitrogen and oxygen atoms in total. The lowest BCUT2D eigenvalue weighted by Gasteiger charge is -2.26. The van der Waals surface area contributed by atoms with Gasteiger partial charge in [0.15, 0.2) is 6.61 Å². The maximum Gasteiger partial charge on any atom is 0.335 e. The average molecular weight is 682 g/mol. The number of barbiturate groups is 1. The highest BCUT2D eigenvalue weighted by Crippen LogP contribution is 2.36. The first-order valence-electron chi connectivity index (χ1n) is 10.9. The summed E-state index contributed by atoms with van der Waals surface area (Å²) in [7, 11) is 0. The van der Waals surface area contributed by atoms with Crippen molar-refractivity contribution < 1.29 is 23.9 Å². The van der Waals surface area contributed by atoms with Gasteiger partial charge in [-0.1, -0.05) is 29.3 Å². The molecule has 2 N–H and O–H groups in total. The van der Waals surface area contributed by atoms with Crippen molar-refractivity contribution in [3.8, 4) is 5.75 Å². The number of rotatable bonds is 6. The number of hydrogen-bond donors (Lipinski definition) is 2.